The molecule has 0 aliphatic carbocycles. The number of hydrogen-bond acceptors (Lipinski definition) is 9. The molecule has 0 spiro atoms. The summed E-state index contributed by atoms with van der Waals surface area (Å²) < 4.78 is 15.8. The molecule has 0 bridgehead atoms. The van der Waals surface area contributed by atoms with Gasteiger partial charge in [-0.2, -0.15) is 0 Å². The summed E-state index contributed by atoms with van der Waals surface area (Å²) in [6.45, 7) is 5.20. The molecule has 0 fully saturated rings. The Morgan fingerprint density at radius 2 is 1.51 bits per heavy atom. The second kappa shape index (κ2) is 15.3. The number of hydrogen-bond donors (Lipinski definition) is 3. The number of carbonyl (C=O) groups excluding carboxylic acids is 4. The number of thioether (sulfide) groups is 1. The fourth-order valence-corrected chi connectivity index (χ4v) is 6.30. The number of esters is 1. The number of para-hydroxylation sites is 1. The lowest BCUT2D eigenvalue weighted by molar-refractivity contribution is -0.115. The number of nitrogens with one attached hydrogen (secondary N) is 3. The van der Waals surface area contributed by atoms with Gasteiger partial charge in [0.1, 0.15) is 5.00 Å². The molecule has 3 aromatic carbocycles. The van der Waals surface area contributed by atoms with Crippen LogP contribution in [0.2, 0.25) is 0 Å². The van der Waals surface area contributed by atoms with Crippen molar-refractivity contribution in [1.29, 1.82) is 0 Å². The first kappa shape index (κ1) is 33.1. The molecule has 10 nitrogen and oxygen atoms in total. The first-order valence-electron chi connectivity index (χ1n) is 13.9. The summed E-state index contributed by atoms with van der Waals surface area (Å²) in [7, 11) is 3.02. The highest BCUT2D eigenvalue weighted by atomic mass is 32.2. The molecule has 0 radical (unpaired) electrons. The van der Waals surface area contributed by atoms with Gasteiger partial charge in [0.2, 0.25) is 5.91 Å². The van der Waals surface area contributed by atoms with Crippen LogP contribution in [0, 0.1) is 6.92 Å². The van der Waals surface area contributed by atoms with Crippen LogP contribution in [-0.4, -0.2) is 49.8 Å². The number of thiophene rings is 1. The van der Waals surface area contributed by atoms with Crippen molar-refractivity contribution < 1.29 is 33.4 Å². The van der Waals surface area contributed by atoms with Gasteiger partial charge in [0, 0.05) is 21.8 Å². The van der Waals surface area contributed by atoms with E-state index < -0.39 is 17.1 Å². The van der Waals surface area contributed by atoms with Crippen LogP contribution in [-0.2, 0) is 9.53 Å². The van der Waals surface area contributed by atoms with Crippen molar-refractivity contribution in [3.05, 3.63) is 94.4 Å². The Kier molecular flexibility index (Phi) is 11.2. The van der Waals surface area contributed by atoms with Crippen LogP contribution in [0.15, 0.2) is 77.7 Å². The Morgan fingerprint density at radius 1 is 0.822 bits per heavy atom. The first-order valence-corrected chi connectivity index (χ1v) is 15.6. The van der Waals surface area contributed by atoms with E-state index in [0.29, 0.717) is 34.0 Å². The van der Waals surface area contributed by atoms with Gasteiger partial charge in [-0.3, -0.25) is 14.4 Å². The second-order valence-electron chi connectivity index (χ2n) is 9.60. The largest absolute Gasteiger partial charge is 0.493 e. The lowest BCUT2D eigenvalue weighted by Gasteiger charge is -2.14. The van der Waals surface area contributed by atoms with Crippen molar-refractivity contribution in [2.24, 2.45) is 0 Å². The van der Waals surface area contributed by atoms with Crippen molar-refractivity contribution in [1.82, 2.24) is 0 Å². The zero-order valence-electron chi connectivity index (χ0n) is 25.4. The average molecular weight is 648 g/mol. The summed E-state index contributed by atoms with van der Waals surface area (Å²) in [6, 6.07) is 20.9. The minimum atomic E-state index is -0.626. The summed E-state index contributed by atoms with van der Waals surface area (Å²) >= 11 is 2.29. The SMILES string of the molecule is CCOC(=O)c1c(NC(=O)C(C)Sc2cccc(NC(=O)c3ccc(OC)c(OC)c3)c2)sc(C(=O)Nc2ccccc2)c1C. The van der Waals surface area contributed by atoms with E-state index in [2.05, 4.69) is 16.0 Å². The van der Waals surface area contributed by atoms with E-state index in [1.54, 1.807) is 81.4 Å². The van der Waals surface area contributed by atoms with Crippen LogP contribution >= 0.6 is 23.1 Å². The van der Waals surface area contributed by atoms with Crippen LogP contribution in [0.1, 0.15) is 49.8 Å². The van der Waals surface area contributed by atoms with E-state index in [9.17, 15) is 19.2 Å². The number of benzene rings is 3. The van der Waals surface area contributed by atoms with E-state index in [-0.39, 0.29) is 33.9 Å². The Bertz CT molecular complexity index is 1710. The normalized spacial score (nSPS) is 11.2. The highest BCUT2D eigenvalue weighted by molar-refractivity contribution is 8.00. The van der Waals surface area contributed by atoms with E-state index >= 15 is 0 Å². The maximum absolute atomic E-state index is 13.3. The smallest absolute Gasteiger partial charge is 0.341 e. The van der Waals surface area contributed by atoms with Crippen molar-refractivity contribution >= 4 is 63.2 Å². The maximum atomic E-state index is 13.3. The number of carbonyl (C=O) groups is 4. The van der Waals surface area contributed by atoms with Gasteiger partial charge in [-0.15, -0.1) is 23.1 Å². The quantitative estimate of drug-likeness (QED) is 0.112. The van der Waals surface area contributed by atoms with Gasteiger partial charge < -0.3 is 30.2 Å². The zero-order valence-corrected chi connectivity index (χ0v) is 27.0. The monoisotopic (exact) mass is 647 g/mol. The highest BCUT2D eigenvalue weighted by Crippen LogP contribution is 2.36. The van der Waals surface area contributed by atoms with E-state index in [1.807, 2.05) is 12.1 Å². The minimum absolute atomic E-state index is 0.137. The fourth-order valence-electron chi connectivity index (χ4n) is 4.28. The lowest BCUT2D eigenvalue weighted by atomic mass is 10.1. The van der Waals surface area contributed by atoms with E-state index in [4.69, 9.17) is 14.2 Å². The number of amides is 3. The van der Waals surface area contributed by atoms with Crippen LogP contribution in [0.25, 0.3) is 0 Å². The van der Waals surface area contributed by atoms with Crippen LogP contribution in [0.3, 0.4) is 0 Å². The molecular formula is C33H33N3O7S2. The molecule has 45 heavy (non-hydrogen) atoms. The molecular weight excluding hydrogens is 615 g/mol. The van der Waals surface area contributed by atoms with Gasteiger partial charge in [-0.1, -0.05) is 24.3 Å². The number of ether oxygens (including phenoxy) is 3. The van der Waals surface area contributed by atoms with Crippen molar-refractivity contribution in [3.8, 4) is 11.5 Å². The van der Waals surface area contributed by atoms with Crippen LogP contribution in [0.4, 0.5) is 16.4 Å². The molecule has 0 aliphatic rings. The Morgan fingerprint density at radius 3 is 2.20 bits per heavy atom. The van der Waals surface area contributed by atoms with Gasteiger partial charge >= 0.3 is 5.97 Å². The average Bonchev–Trinajstić information content (AvgIpc) is 3.36. The maximum Gasteiger partial charge on any atom is 0.341 e. The zero-order chi connectivity index (χ0) is 32.5. The summed E-state index contributed by atoms with van der Waals surface area (Å²) in [5.41, 5.74) is 2.09. The molecule has 1 unspecified atom stereocenters. The number of methoxy groups -OCH3 is 2. The molecule has 4 aromatic rings. The van der Waals surface area contributed by atoms with Gasteiger partial charge in [0.05, 0.1) is 36.5 Å². The van der Waals surface area contributed by atoms with Crippen molar-refractivity contribution in [2.75, 3.05) is 36.8 Å². The first-order chi connectivity index (χ1) is 21.6. The number of rotatable bonds is 12. The van der Waals surface area contributed by atoms with Crippen LogP contribution < -0.4 is 25.4 Å². The molecule has 0 aliphatic heterocycles. The van der Waals surface area contributed by atoms with Gasteiger partial charge in [-0.25, -0.2) is 4.79 Å². The van der Waals surface area contributed by atoms with Crippen LogP contribution in [0.5, 0.6) is 11.5 Å². The predicted molar refractivity (Wildman–Crippen MR) is 177 cm³/mol. The molecule has 3 N–H and O–H groups in total. The Balaban J connectivity index is 1.47. The third kappa shape index (κ3) is 8.22. The molecule has 1 atom stereocenters. The Labute approximate surface area is 269 Å². The molecule has 3 amide bonds. The standard InChI is InChI=1S/C33H33N3O7S2/c1-6-43-33(40)27-19(2)28(31(39)34-22-11-8-7-9-12-22)45-32(27)36-29(37)20(3)44-24-14-10-13-23(18-24)35-30(38)21-15-16-25(41-4)26(17-21)42-5/h7-18,20H,6H2,1-5H3,(H,34,39)(H,35,38)(H,36,37). The number of anilines is 3. The molecule has 0 saturated heterocycles. The summed E-state index contributed by atoms with van der Waals surface area (Å²) in [5, 5.41) is 8.14. The molecule has 1 aromatic heterocycles. The second-order valence-corrected chi connectivity index (χ2v) is 12.0. The van der Waals surface area contributed by atoms with Gasteiger partial charge in [0.25, 0.3) is 11.8 Å². The molecule has 234 valence electrons. The molecule has 12 heteroatoms. The summed E-state index contributed by atoms with van der Waals surface area (Å²) in [5.74, 6) is -0.788. The van der Waals surface area contributed by atoms with E-state index in [0.717, 1.165) is 16.2 Å². The van der Waals surface area contributed by atoms with Gasteiger partial charge in [0.15, 0.2) is 11.5 Å². The van der Waals surface area contributed by atoms with Gasteiger partial charge in [-0.05, 0) is 74.9 Å². The molecule has 0 saturated carbocycles. The summed E-state index contributed by atoms with van der Waals surface area (Å²) in [6.07, 6.45) is 0. The Hall–Kier alpha value is -4.81. The lowest BCUT2D eigenvalue weighted by Crippen LogP contribution is -2.23. The highest BCUT2D eigenvalue weighted by Gasteiger charge is 2.28. The third-order valence-electron chi connectivity index (χ3n) is 6.52. The van der Waals surface area contributed by atoms with E-state index in [1.165, 1.54) is 26.0 Å². The molecule has 1 heterocycles. The summed E-state index contributed by atoms with van der Waals surface area (Å²) in [4.78, 5) is 53.2. The predicted octanol–water partition coefficient (Wildman–Crippen LogP) is 6.87. The topological polar surface area (TPSA) is 132 Å². The molecule has 4 rings (SSSR count). The minimum Gasteiger partial charge on any atom is -0.493 e. The van der Waals surface area contributed by atoms with Crippen molar-refractivity contribution in [3.63, 3.8) is 0 Å². The van der Waals surface area contributed by atoms with Crippen molar-refractivity contribution in [2.45, 2.75) is 30.9 Å². The fraction of sp³-hybridized carbons (Fsp3) is 0.212. The third-order valence-corrected chi connectivity index (χ3v) is 8.82.